The number of carbonyl (C=O) groups is 1. The van der Waals surface area contributed by atoms with Crippen LogP contribution < -0.4 is 9.47 Å². The number of hydrogen-bond donors (Lipinski definition) is 2. The molecule has 1 aliphatic heterocycles. The van der Waals surface area contributed by atoms with Crippen LogP contribution in [0.1, 0.15) is 10.4 Å². The van der Waals surface area contributed by atoms with Crippen LogP contribution in [0.4, 0.5) is 0 Å². The average Bonchev–Trinajstić information content (AvgIpc) is 2.47. The molecule has 5 heteroatoms. The quantitative estimate of drug-likeness (QED) is 0.878. The first kappa shape index (κ1) is 12.3. The third-order valence-corrected chi connectivity index (χ3v) is 3.10. The largest absolute Gasteiger partial charge is 0.507 e. The van der Waals surface area contributed by atoms with Gasteiger partial charge in [0.25, 0.3) is 0 Å². The van der Waals surface area contributed by atoms with Gasteiger partial charge in [-0.2, -0.15) is 0 Å². The van der Waals surface area contributed by atoms with Crippen LogP contribution in [-0.4, -0.2) is 29.4 Å². The van der Waals surface area contributed by atoms with Gasteiger partial charge in [0, 0.05) is 0 Å². The number of fused-ring (bicyclic) bond motifs is 1. The van der Waals surface area contributed by atoms with Crippen molar-refractivity contribution in [2.45, 2.75) is 0 Å². The number of aromatic carboxylic acids is 1. The first-order chi connectivity index (χ1) is 9.65. The van der Waals surface area contributed by atoms with Crippen LogP contribution in [0.2, 0.25) is 0 Å². The third-order valence-electron chi connectivity index (χ3n) is 3.10. The SMILES string of the molecule is O=C(O)c1cc(-c2ccc3c(c2)OCCO3)ccc1O. The molecule has 0 radical (unpaired) electrons. The molecular weight excluding hydrogens is 260 g/mol. The Morgan fingerprint density at radius 1 is 0.950 bits per heavy atom. The fraction of sp³-hybridized carbons (Fsp3) is 0.133. The van der Waals surface area contributed by atoms with Crippen molar-refractivity contribution in [3.63, 3.8) is 0 Å². The van der Waals surface area contributed by atoms with Crippen molar-refractivity contribution in [2.24, 2.45) is 0 Å². The highest BCUT2D eigenvalue weighted by Crippen LogP contribution is 2.35. The molecule has 2 N–H and O–H groups in total. The number of aromatic hydroxyl groups is 1. The fourth-order valence-electron chi connectivity index (χ4n) is 2.11. The summed E-state index contributed by atoms with van der Waals surface area (Å²) in [6, 6.07) is 9.88. The van der Waals surface area contributed by atoms with Crippen LogP contribution >= 0.6 is 0 Å². The summed E-state index contributed by atoms with van der Waals surface area (Å²) in [6.07, 6.45) is 0. The highest BCUT2D eigenvalue weighted by molar-refractivity contribution is 5.92. The van der Waals surface area contributed by atoms with Crippen LogP contribution in [0.5, 0.6) is 17.2 Å². The number of benzene rings is 2. The van der Waals surface area contributed by atoms with E-state index in [1.807, 2.05) is 6.07 Å². The minimum absolute atomic E-state index is 0.127. The second-order valence-electron chi connectivity index (χ2n) is 4.40. The van der Waals surface area contributed by atoms with Gasteiger partial charge >= 0.3 is 5.97 Å². The van der Waals surface area contributed by atoms with Gasteiger partial charge < -0.3 is 19.7 Å². The molecule has 0 atom stereocenters. The normalized spacial score (nSPS) is 13.0. The molecule has 0 spiro atoms. The van der Waals surface area contributed by atoms with Crippen LogP contribution in [0, 0.1) is 0 Å². The van der Waals surface area contributed by atoms with Gasteiger partial charge in [0.1, 0.15) is 24.5 Å². The molecule has 0 aromatic heterocycles. The maximum absolute atomic E-state index is 11.0. The lowest BCUT2D eigenvalue weighted by Gasteiger charge is -2.19. The smallest absolute Gasteiger partial charge is 0.339 e. The van der Waals surface area contributed by atoms with E-state index in [-0.39, 0.29) is 11.3 Å². The Labute approximate surface area is 115 Å². The Bertz CT molecular complexity index is 678. The molecule has 0 amide bonds. The summed E-state index contributed by atoms with van der Waals surface area (Å²) < 4.78 is 10.9. The summed E-state index contributed by atoms with van der Waals surface area (Å²) >= 11 is 0. The Hall–Kier alpha value is -2.69. The first-order valence-electron chi connectivity index (χ1n) is 6.11. The van der Waals surface area contributed by atoms with E-state index in [0.717, 1.165) is 5.56 Å². The molecule has 3 rings (SSSR count). The van der Waals surface area contributed by atoms with Crippen LogP contribution in [-0.2, 0) is 0 Å². The van der Waals surface area contributed by atoms with Gasteiger partial charge in [-0.3, -0.25) is 0 Å². The van der Waals surface area contributed by atoms with E-state index in [1.165, 1.54) is 12.1 Å². The molecule has 20 heavy (non-hydrogen) atoms. The number of ether oxygens (including phenoxy) is 2. The molecule has 5 nitrogen and oxygen atoms in total. The standard InChI is InChI=1S/C15H12O5/c16-12-3-1-9(7-11(12)15(17)18)10-2-4-13-14(8-10)20-6-5-19-13/h1-4,7-8,16H,5-6H2,(H,17,18). The topological polar surface area (TPSA) is 76.0 Å². The van der Waals surface area contributed by atoms with E-state index in [1.54, 1.807) is 18.2 Å². The van der Waals surface area contributed by atoms with Crippen molar-refractivity contribution in [1.82, 2.24) is 0 Å². The maximum Gasteiger partial charge on any atom is 0.339 e. The van der Waals surface area contributed by atoms with Crippen molar-refractivity contribution in [3.8, 4) is 28.4 Å². The Balaban J connectivity index is 2.05. The van der Waals surface area contributed by atoms with E-state index < -0.39 is 5.97 Å². The second kappa shape index (κ2) is 4.77. The zero-order valence-electron chi connectivity index (χ0n) is 10.5. The molecule has 0 bridgehead atoms. The summed E-state index contributed by atoms with van der Waals surface area (Å²) in [5, 5.41) is 18.5. The monoisotopic (exact) mass is 272 g/mol. The number of rotatable bonds is 2. The maximum atomic E-state index is 11.0. The van der Waals surface area contributed by atoms with Crippen molar-refractivity contribution >= 4 is 5.97 Å². The molecule has 0 unspecified atom stereocenters. The van der Waals surface area contributed by atoms with E-state index in [2.05, 4.69) is 0 Å². The van der Waals surface area contributed by atoms with Gasteiger partial charge in [0.2, 0.25) is 0 Å². The van der Waals surface area contributed by atoms with Gasteiger partial charge in [-0.05, 0) is 35.4 Å². The van der Waals surface area contributed by atoms with Gasteiger partial charge in [0.15, 0.2) is 11.5 Å². The Morgan fingerprint density at radius 3 is 2.35 bits per heavy atom. The number of phenols is 1. The Kier molecular flexibility index (Phi) is 2.95. The average molecular weight is 272 g/mol. The van der Waals surface area contributed by atoms with Crippen molar-refractivity contribution in [2.75, 3.05) is 13.2 Å². The lowest BCUT2D eigenvalue weighted by Crippen LogP contribution is -2.15. The third kappa shape index (κ3) is 2.14. The molecule has 2 aromatic rings. The molecule has 1 heterocycles. The predicted octanol–water partition coefficient (Wildman–Crippen LogP) is 2.53. The minimum atomic E-state index is -1.16. The highest BCUT2D eigenvalue weighted by atomic mass is 16.6. The fourth-order valence-corrected chi connectivity index (χ4v) is 2.11. The van der Waals surface area contributed by atoms with Gasteiger partial charge in [-0.15, -0.1) is 0 Å². The lowest BCUT2D eigenvalue weighted by atomic mass is 10.0. The van der Waals surface area contributed by atoms with Gasteiger partial charge in [0.05, 0.1) is 0 Å². The van der Waals surface area contributed by atoms with E-state index in [9.17, 15) is 9.90 Å². The molecule has 0 saturated carbocycles. The molecule has 2 aromatic carbocycles. The molecular formula is C15H12O5. The zero-order chi connectivity index (χ0) is 14.1. The van der Waals surface area contributed by atoms with Crippen LogP contribution in [0.25, 0.3) is 11.1 Å². The Morgan fingerprint density at radius 2 is 1.60 bits per heavy atom. The van der Waals surface area contributed by atoms with Crippen molar-refractivity contribution in [1.29, 1.82) is 0 Å². The summed E-state index contributed by atoms with van der Waals surface area (Å²) in [4.78, 5) is 11.0. The summed E-state index contributed by atoms with van der Waals surface area (Å²) in [6.45, 7) is 1.02. The van der Waals surface area contributed by atoms with Crippen molar-refractivity contribution in [3.05, 3.63) is 42.0 Å². The van der Waals surface area contributed by atoms with Gasteiger partial charge in [-0.1, -0.05) is 12.1 Å². The molecule has 1 aliphatic rings. The van der Waals surface area contributed by atoms with E-state index >= 15 is 0 Å². The molecule has 0 fully saturated rings. The van der Waals surface area contributed by atoms with E-state index in [0.29, 0.717) is 30.3 Å². The first-order valence-corrected chi connectivity index (χ1v) is 6.11. The molecule has 102 valence electrons. The summed E-state index contributed by atoms with van der Waals surface area (Å²) in [5.41, 5.74) is 1.37. The van der Waals surface area contributed by atoms with Crippen molar-refractivity contribution < 1.29 is 24.5 Å². The van der Waals surface area contributed by atoms with Crippen LogP contribution in [0.3, 0.4) is 0 Å². The highest BCUT2D eigenvalue weighted by Gasteiger charge is 2.14. The summed E-state index contributed by atoms with van der Waals surface area (Å²) in [5.74, 6) is -0.100. The van der Waals surface area contributed by atoms with Crippen LogP contribution in [0.15, 0.2) is 36.4 Å². The number of carboxylic acid groups (broad SMARTS) is 1. The predicted molar refractivity (Wildman–Crippen MR) is 71.5 cm³/mol. The number of carboxylic acids is 1. The molecule has 0 aliphatic carbocycles. The second-order valence-corrected chi connectivity index (χ2v) is 4.40. The van der Waals surface area contributed by atoms with Gasteiger partial charge in [-0.25, -0.2) is 4.79 Å². The zero-order valence-corrected chi connectivity index (χ0v) is 10.5. The minimum Gasteiger partial charge on any atom is -0.507 e. The van der Waals surface area contributed by atoms with E-state index in [4.69, 9.17) is 14.6 Å². The number of hydrogen-bond acceptors (Lipinski definition) is 4. The lowest BCUT2D eigenvalue weighted by molar-refractivity contribution is 0.0694. The summed E-state index contributed by atoms with van der Waals surface area (Å²) in [7, 11) is 0. The molecule has 0 saturated heterocycles.